The van der Waals surface area contributed by atoms with Crippen molar-refractivity contribution in [3.63, 3.8) is 0 Å². The highest BCUT2D eigenvalue weighted by Crippen LogP contribution is 2.26. The van der Waals surface area contributed by atoms with E-state index >= 15 is 0 Å². The molecule has 1 aromatic carbocycles. The van der Waals surface area contributed by atoms with Crippen LogP contribution in [0, 0.1) is 11.3 Å². The second-order valence-corrected chi connectivity index (χ2v) is 5.10. The standard InChI is InChI=1S/C17H26N2O2/c1-3-10-20-16-8-7-14(12-15(19)4-2)17(13-16)21-11-6-5-9-18/h7-8,13,15H,3-6,10-12,19H2,1-2H3. The Bertz CT molecular complexity index is 455. The molecule has 1 aromatic rings. The molecule has 2 N–H and O–H groups in total. The molecule has 0 bridgehead atoms. The van der Waals surface area contributed by atoms with Gasteiger partial charge in [-0.15, -0.1) is 0 Å². The normalized spacial score (nSPS) is 11.7. The van der Waals surface area contributed by atoms with Gasteiger partial charge in [0.15, 0.2) is 0 Å². The highest BCUT2D eigenvalue weighted by Gasteiger charge is 2.10. The van der Waals surface area contributed by atoms with Crippen molar-refractivity contribution < 1.29 is 9.47 Å². The van der Waals surface area contributed by atoms with Crippen LogP contribution in [-0.4, -0.2) is 19.3 Å². The van der Waals surface area contributed by atoms with Crippen LogP contribution in [0.25, 0.3) is 0 Å². The Kier molecular flexibility index (Phi) is 8.30. The Balaban J connectivity index is 2.76. The number of hydrogen-bond acceptors (Lipinski definition) is 4. The maximum absolute atomic E-state index is 8.57. The van der Waals surface area contributed by atoms with Gasteiger partial charge in [-0.2, -0.15) is 5.26 Å². The number of rotatable bonds is 10. The quantitative estimate of drug-likeness (QED) is 0.670. The second-order valence-electron chi connectivity index (χ2n) is 5.10. The first-order valence-corrected chi connectivity index (χ1v) is 7.72. The van der Waals surface area contributed by atoms with Crippen molar-refractivity contribution in [2.45, 2.75) is 52.0 Å². The smallest absolute Gasteiger partial charge is 0.126 e. The third-order valence-electron chi connectivity index (χ3n) is 3.21. The summed E-state index contributed by atoms with van der Waals surface area (Å²) in [5.41, 5.74) is 7.14. The SMILES string of the molecule is CCCOc1ccc(CC(N)CC)c(OCCCC#N)c1. The highest BCUT2D eigenvalue weighted by atomic mass is 16.5. The largest absolute Gasteiger partial charge is 0.493 e. The van der Waals surface area contributed by atoms with Crippen LogP contribution in [0.1, 0.15) is 45.1 Å². The summed E-state index contributed by atoms with van der Waals surface area (Å²) in [6, 6.07) is 8.18. The molecule has 4 heteroatoms. The molecule has 116 valence electrons. The number of ether oxygens (including phenoxy) is 2. The fraction of sp³-hybridized carbons (Fsp3) is 0.588. The summed E-state index contributed by atoms with van der Waals surface area (Å²) >= 11 is 0. The molecule has 0 aliphatic heterocycles. The average Bonchev–Trinajstić information content (AvgIpc) is 2.51. The van der Waals surface area contributed by atoms with Crippen molar-refractivity contribution in [1.82, 2.24) is 0 Å². The summed E-state index contributed by atoms with van der Waals surface area (Å²) in [7, 11) is 0. The van der Waals surface area contributed by atoms with E-state index < -0.39 is 0 Å². The summed E-state index contributed by atoms with van der Waals surface area (Å²) < 4.78 is 11.5. The fourth-order valence-electron chi connectivity index (χ4n) is 1.91. The van der Waals surface area contributed by atoms with Crippen LogP contribution in [-0.2, 0) is 6.42 Å². The first-order valence-electron chi connectivity index (χ1n) is 7.72. The van der Waals surface area contributed by atoms with Gasteiger partial charge in [0, 0.05) is 18.5 Å². The molecule has 0 aliphatic carbocycles. The topological polar surface area (TPSA) is 68.3 Å². The van der Waals surface area contributed by atoms with Crippen molar-refractivity contribution >= 4 is 0 Å². The van der Waals surface area contributed by atoms with E-state index in [-0.39, 0.29) is 6.04 Å². The predicted molar refractivity (Wildman–Crippen MR) is 84.5 cm³/mol. The molecule has 0 aromatic heterocycles. The summed E-state index contributed by atoms with van der Waals surface area (Å²) in [4.78, 5) is 0. The van der Waals surface area contributed by atoms with Crippen molar-refractivity contribution in [2.24, 2.45) is 5.73 Å². The van der Waals surface area contributed by atoms with Gasteiger partial charge in [-0.3, -0.25) is 0 Å². The summed E-state index contributed by atoms with van der Waals surface area (Å²) in [5.74, 6) is 1.64. The molecular weight excluding hydrogens is 264 g/mol. The monoisotopic (exact) mass is 290 g/mol. The number of nitrogens with two attached hydrogens (primary N) is 1. The van der Waals surface area contributed by atoms with Crippen LogP contribution >= 0.6 is 0 Å². The zero-order chi connectivity index (χ0) is 15.5. The number of hydrogen-bond donors (Lipinski definition) is 1. The van der Waals surface area contributed by atoms with Gasteiger partial charge in [-0.05, 0) is 37.3 Å². The van der Waals surface area contributed by atoms with Crippen molar-refractivity contribution in [3.8, 4) is 17.6 Å². The molecule has 21 heavy (non-hydrogen) atoms. The molecule has 1 rings (SSSR count). The zero-order valence-electron chi connectivity index (χ0n) is 13.1. The van der Waals surface area contributed by atoms with Crippen molar-refractivity contribution in [3.05, 3.63) is 23.8 Å². The Morgan fingerprint density at radius 2 is 2.05 bits per heavy atom. The van der Waals surface area contributed by atoms with E-state index in [4.69, 9.17) is 20.5 Å². The van der Waals surface area contributed by atoms with Gasteiger partial charge in [0.1, 0.15) is 11.5 Å². The van der Waals surface area contributed by atoms with Crippen molar-refractivity contribution in [1.29, 1.82) is 5.26 Å². The van der Waals surface area contributed by atoms with Gasteiger partial charge in [0.2, 0.25) is 0 Å². The summed E-state index contributed by atoms with van der Waals surface area (Å²) in [6.45, 7) is 5.39. The third-order valence-corrected chi connectivity index (χ3v) is 3.21. The number of nitrogens with zero attached hydrogens (tertiary/aromatic N) is 1. The second kappa shape index (κ2) is 10.1. The molecule has 1 atom stereocenters. The number of unbranched alkanes of at least 4 members (excludes halogenated alkanes) is 1. The van der Waals surface area contributed by atoms with E-state index in [0.717, 1.165) is 42.7 Å². The van der Waals surface area contributed by atoms with Gasteiger partial charge >= 0.3 is 0 Å². The van der Waals surface area contributed by atoms with Gasteiger partial charge < -0.3 is 15.2 Å². The van der Waals surface area contributed by atoms with Crippen LogP contribution in [0.4, 0.5) is 0 Å². The van der Waals surface area contributed by atoms with E-state index in [0.29, 0.717) is 19.6 Å². The van der Waals surface area contributed by atoms with E-state index in [2.05, 4.69) is 19.9 Å². The van der Waals surface area contributed by atoms with Crippen LogP contribution in [0.3, 0.4) is 0 Å². The van der Waals surface area contributed by atoms with Gasteiger partial charge in [-0.25, -0.2) is 0 Å². The van der Waals surface area contributed by atoms with Gasteiger partial charge in [-0.1, -0.05) is 19.9 Å². The zero-order valence-corrected chi connectivity index (χ0v) is 13.1. The Morgan fingerprint density at radius 3 is 2.71 bits per heavy atom. The maximum atomic E-state index is 8.57. The molecule has 0 saturated heterocycles. The fourth-order valence-corrected chi connectivity index (χ4v) is 1.91. The molecule has 0 heterocycles. The minimum atomic E-state index is 0.133. The first kappa shape index (κ1) is 17.3. The Hall–Kier alpha value is -1.73. The lowest BCUT2D eigenvalue weighted by Gasteiger charge is -2.16. The first-order chi connectivity index (χ1) is 10.2. The van der Waals surface area contributed by atoms with E-state index in [1.807, 2.05) is 18.2 Å². The minimum Gasteiger partial charge on any atom is -0.493 e. The lowest BCUT2D eigenvalue weighted by Crippen LogP contribution is -2.21. The Labute approximate surface area is 127 Å². The lowest BCUT2D eigenvalue weighted by molar-refractivity contribution is 0.296. The molecule has 0 aliphatic rings. The highest BCUT2D eigenvalue weighted by molar-refractivity contribution is 5.41. The summed E-state index contributed by atoms with van der Waals surface area (Å²) in [5, 5.41) is 8.57. The lowest BCUT2D eigenvalue weighted by atomic mass is 10.0. The number of benzene rings is 1. The van der Waals surface area contributed by atoms with Crippen molar-refractivity contribution in [2.75, 3.05) is 13.2 Å². The van der Waals surface area contributed by atoms with Gasteiger partial charge in [0.25, 0.3) is 0 Å². The predicted octanol–water partition coefficient (Wildman–Crippen LogP) is 3.44. The molecule has 0 amide bonds. The Morgan fingerprint density at radius 1 is 1.24 bits per heavy atom. The van der Waals surface area contributed by atoms with Crippen LogP contribution < -0.4 is 15.2 Å². The van der Waals surface area contributed by atoms with Crippen LogP contribution in [0.2, 0.25) is 0 Å². The van der Waals surface area contributed by atoms with E-state index in [9.17, 15) is 0 Å². The van der Waals surface area contributed by atoms with E-state index in [1.54, 1.807) is 0 Å². The van der Waals surface area contributed by atoms with Gasteiger partial charge in [0.05, 0.1) is 19.3 Å². The third kappa shape index (κ3) is 6.50. The summed E-state index contributed by atoms with van der Waals surface area (Å²) in [6.07, 6.45) is 3.94. The van der Waals surface area contributed by atoms with Crippen LogP contribution in [0.5, 0.6) is 11.5 Å². The maximum Gasteiger partial charge on any atom is 0.126 e. The van der Waals surface area contributed by atoms with Crippen LogP contribution in [0.15, 0.2) is 18.2 Å². The molecular formula is C17H26N2O2. The molecule has 0 fully saturated rings. The molecule has 0 spiro atoms. The molecule has 0 saturated carbocycles. The van der Waals surface area contributed by atoms with E-state index in [1.165, 1.54) is 0 Å². The minimum absolute atomic E-state index is 0.133. The molecule has 0 radical (unpaired) electrons. The molecule has 4 nitrogen and oxygen atoms in total. The number of nitriles is 1. The molecule has 1 unspecified atom stereocenters. The average molecular weight is 290 g/mol.